The number of aryl methyl sites for hydroxylation is 1. The summed E-state index contributed by atoms with van der Waals surface area (Å²) in [6.07, 6.45) is 3.73. The van der Waals surface area contributed by atoms with Gasteiger partial charge >= 0.3 is 0 Å². The summed E-state index contributed by atoms with van der Waals surface area (Å²) < 4.78 is 0. The van der Waals surface area contributed by atoms with Gasteiger partial charge in [-0.3, -0.25) is 4.79 Å². The number of benzene rings is 1. The van der Waals surface area contributed by atoms with Crippen molar-refractivity contribution in [1.29, 1.82) is 0 Å². The number of nitrogens with two attached hydrogens (primary N) is 1. The third kappa shape index (κ3) is 4.31. The van der Waals surface area contributed by atoms with Gasteiger partial charge in [-0.1, -0.05) is 42.7 Å². The molecule has 0 aliphatic heterocycles. The van der Waals surface area contributed by atoms with Gasteiger partial charge in [0.05, 0.1) is 0 Å². The summed E-state index contributed by atoms with van der Waals surface area (Å²) >= 11 is 0. The lowest BCUT2D eigenvalue weighted by Gasteiger charge is -2.12. The van der Waals surface area contributed by atoms with Crippen molar-refractivity contribution in [3.8, 4) is 0 Å². The molecule has 1 saturated carbocycles. The molecule has 1 unspecified atom stereocenters. The zero-order valence-electron chi connectivity index (χ0n) is 10.7. The van der Waals surface area contributed by atoms with E-state index in [2.05, 4.69) is 5.32 Å². The van der Waals surface area contributed by atoms with E-state index in [9.17, 15) is 4.79 Å². The molecule has 4 heteroatoms. The number of nitrogens with one attached hydrogen (secondary N) is 1. The van der Waals surface area contributed by atoms with Gasteiger partial charge in [0.15, 0.2) is 0 Å². The lowest BCUT2D eigenvalue weighted by atomic mass is 10.1. The fraction of sp³-hybridized carbons (Fsp3) is 0.500. The normalized spacial score (nSPS) is 15.7. The molecule has 3 N–H and O–H groups in total. The Morgan fingerprint density at radius 1 is 1.39 bits per heavy atom. The molecule has 1 aliphatic rings. The van der Waals surface area contributed by atoms with Crippen molar-refractivity contribution in [3.63, 3.8) is 0 Å². The summed E-state index contributed by atoms with van der Waals surface area (Å²) in [6.45, 7) is 2.77. The van der Waals surface area contributed by atoms with Crippen LogP contribution in [0.4, 0.5) is 0 Å². The van der Waals surface area contributed by atoms with Crippen LogP contribution in [-0.2, 0) is 4.79 Å². The van der Waals surface area contributed by atoms with Gasteiger partial charge in [-0.15, -0.1) is 12.4 Å². The van der Waals surface area contributed by atoms with Crippen molar-refractivity contribution < 1.29 is 4.79 Å². The number of carbonyl (C=O) groups is 1. The first kappa shape index (κ1) is 15.0. The zero-order chi connectivity index (χ0) is 12.3. The van der Waals surface area contributed by atoms with Gasteiger partial charge in [0, 0.05) is 6.54 Å². The van der Waals surface area contributed by atoms with E-state index in [1.165, 1.54) is 18.4 Å². The summed E-state index contributed by atoms with van der Waals surface area (Å²) in [5.74, 6) is 0.764. The van der Waals surface area contributed by atoms with E-state index >= 15 is 0 Å². The summed E-state index contributed by atoms with van der Waals surface area (Å²) in [6, 6.07) is 7.25. The fourth-order valence-electron chi connectivity index (χ4n) is 1.84. The third-order valence-corrected chi connectivity index (χ3v) is 3.27. The van der Waals surface area contributed by atoms with Crippen LogP contribution in [0, 0.1) is 12.8 Å². The van der Waals surface area contributed by atoms with Crippen LogP contribution in [0.5, 0.6) is 0 Å². The van der Waals surface area contributed by atoms with E-state index in [4.69, 9.17) is 5.73 Å². The topological polar surface area (TPSA) is 55.1 Å². The van der Waals surface area contributed by atoms with Crippen LogP contribution in [0.15, 0.2) is 24.3 Å². The molecule has 100 valence electrons. The Bertz CT molecular complexity index is 387. The SMILES string of the molecule is Cc1ccc(C(N)C(=O)NCCC2CC2)cc1.Cl. The van der Waals surface area contributed by atoms with Crippen molar-refractivity contribution >= 4 is 18.3 Å². The van der Waals surface area contributed by atoms with Gasteiger partial charge in [0.25, 0.3) is 0 Å². The molecule has 2 rings (SSSR count). The first-order valence-electron chi connectivity index (χ1n) is 6.26. The number of carbonyl (C=O) groups excluding carboxylic acids is 1. The first-order chi connectivity index (χ1) is 8.16. The van der Waals surface area contributed by atoms with Crippen molar-refractivity contribution in [1.82, 2.24) is 5.32 Å². The van der Waals surface area contributed by atoms with Crippen molar-refractivity contribution in [3.05, 3.63) is 35.4 Å². The maximum Gasteiger partial charge on any atom is 0.241 e. The Morgan fingerprint density at radius 2 is 2.00 bits per heavy atom. The zero-order valence-corrected chi connectivity index (χ0v) is 11.5. The molecule has 1 aromatic rings. The van der Waals surface area contributed by atoms with E-state index in [0.29, 0.717) is 0 Å². The summed E-state index contributed by atoms with van der Waals surface area (Å²) in [4.78, 5) is 11.8. The Morgan fingerprint density at radius 3 is 2.56 bits per heavy atom. The van der Waals surface area contributed by atoms with E-state index in [1.807, 2.05) is 31.2 Å². The minimum absolute atomic E-state index is 0. The molecular formula is C14H21ClN2O. The predicted molar refractivity (Wildman–Crippen MR) is 75.7 cm³/mol. The quantitative estimate of drug-likeness (QED) is 0.861. The van der Waals surface area contributed by atoms with Crippen LogP contribution in [-0.4, -0.2) is 12.5 Å². The molecule has 0 spiro atoms. The number of hydrogen-bond acceptors (Lipinski definition) is 2. The van der Waals surface area contributed by atoms with Crippen LogP contribution < -0.4 is 11.1 Å². The molecule has 0 saturated heterocycles. The van der Waals surface area contributed by atoms with Crippen LogP contribution >= 0.6 is 12.4 Å². The molecule has 1 atom stereocenters. The molecule has 1 fully saturated rings. The largest absolute Gasteiger partial charge is 0.354 e. The first-order valence-corrected chi connectivity index (χ1v) is 6.26. The molecule has 1 amide bonds. The molecule has 0 radical (unpaired) electrons. The maximum atomic E-state index is 11.8. The van der Waals surface area contributed by atoms with E-state index in [1.54, 1.807) is 0 Å². The van der Waals surface area contributed by atoms with Gasteiger partial charge < -0.3 is 11.1 Å². The molecule has 18 heavy (non-hydrogen) atoms. The van der Waals surface area contributed by atoms with Crippen LogP contribution in [0.25, 0.3) is 0 Å². The highest BCUT2D eigenvalue weighted by Crippen LogP contribution is 2.31. The molecule has 0 aromatic heterocycles. The molecule has 0 bridgehead atoms. The van der Waals surface area contributed by atoms with E-state index < -0.39 is 6.04 Å². The smallest absolute Gasteiger partial charge is 0.241 e. The second-order valence-electron chi connectivity index (χ2n) is 4.91. The van der Waals surface area contributed by atoms with Gasteiger partial charge in [-0.05, 0) is 24.8 Å². The van der Waals surface area contributed by atoms with Crippen LogP contribution in [0.2, 0.25) is 0 Å². The van der Waals surface area contributed by atoms with Gasteiger partial charge in [0.2, 0.25) is 5.91 Å². The highest BCUT2D eigenvalue weighted by atomic mass is 35.5. The summed E-state index contributed by atoms with van der Waals surface area (Å²) in [5.41, 5.74) is 7.96. The highest BCUT2D eigenvalue weighted by molar-refractivity contribution is 5.85. The Labute approximate surface area is 115 Å². The van der Waals surface area contributed by atoms with Gasteiger partial charge in [-0.2, -0.15) is 0 Å². The van der Waals surface area contributed by atoms with Crippen molar-refractivity contribution in [2.75, 3.05) is 6.54 Å². The van der Waals surface area contributed by atoms with Gasteiger partial charge in [-0.25, -0.2) is 0 Å². The Hall–Kier alpha value is -1.06. The number of amides is 1. The minimum atomic E-state index is -0.546. The second-order valence-corrected chi connectivity index (χ2v) is 4.91. The lowest BCUT2D eigenvalue weighted by molar-refractivity contribution is -0.122. The average Bonchev–Trinajstić information content (AvgIpc) is 3.13. The number of rotatable bonds is 5. The molecule has 1 aliphatic carbocycles. The second kappa shape index (κ2) is 6.76. The van der Waals surface area contributed by atoms with Crippen LogP contribution in [0.1, 0.15) is 36.4 Å². The fourth-order valence-corrected chi connectivity index (χ4v) is 1.84. The van der Waals surface area contributed by atoms with E-state index in [-0.39, 0.29) is 18.3 Å². The van der Waals surface area contributed by atoms with Crippen LogP contribution in [0.3, 0.4) is 0 Å². The monoisotopic (exact) mass is 268 g/mol. The average molecular weight is 269 g/mol. The number of hydrogen-bond donors (Lipinski definition) is 2. The highest BCUT2D eigenvalue weighted by Gasteiger charge is 2.21. The third-order valence-electron chi connectivity index (χ3n) is 3.27. The van der Waals surface area contributed by atoms with E-state index in [0.717, 1.165) is 24.4 Å². The molecule has 1 aromatic carbocycles. The van der Waals surface area contributed by atoms with Crippen molar-refractivity contribution in [2.24, 2.45) is 11.7 Å². The van der Waals surface area contributed by atoms with Crippen molar-refractivity contribution in [2.45, 2.75) is 32.2 Å². The maximum absolute atomic E-state index is 11.8. The molecule has 0 heterocycles. The minimum Gasteiger partial charge on any atom is -0.354 e. The number of halogens is 1. The van der Waals surface area contributed by atoms with Gasteiger partial charge in [0.1, 0.15) is 6.04 Å². The standard InChI is InChI=1S/C14H20N2O.ClH/c1-10-2-6-12(7-3-10)13(15)14(17)16-9-8-11-4-5-11;/h2-3,6-7,11,13H,4-5,8-9,15H2,1H3,(H,16,17);1H. The lowest BCUT2D eigenvalue weighted by Crippen LogP contribution is -2.34. The predicted octanol–water partition coefficient (Wildman–Crippen LogP) is 2.33. The summed E-state index contributed by atoms with van der Waals surface area (Å²) in [5, 5.41) is 2.90. The Kier molecular flexibility index (Phi) is 5.63. The molecule has 3 nitrogen and oxygen atoms in total. The molecular weight excluding hydrogens is 248 g/mol. The Balaban J connectivity index is 0.00000162. The summed E-state index contributed by atoms with van der Waals surface area (Å²) in [7, 11) is 0.